The molecule has 0 aliphatic rings. The Morgan fingerprint density at radius 1 is 0.302 bits per heavy atom. The third kappa shape index (κ3) is 31.9. The first-order valence-electron chi connectivity index (χ1n) is 19.3. The number of hydrogen-bond donors (Lipinski definition) is 4. The standard InChI is InChI=1S/C38H78O4S/c1-3-5-7-9-11-13-15-17-19-21-23-25-27-29-31-35(39)37(41)33-43-34-38(42)36(40)32-30-28-26-24-22-20-18-16-14-12-10-8-6-4-2/h35-42H,3-34H2,1-2H3. The Labute approximate surface area is 274 Å². The van der Waals surface area contributed by atoms with E-state index in [2.05, 4.69) is 13.8 Å². The molecule has 4 unspecified atom stereocenters. The second-order valence-corrected chi connectivity index (χ2v) is 14.7. The van der Waals surface area contributed by atoms with Crippen LogP contribution in [0.3, 0.4) is 0 Å². The molecule has 0 radical (unpaired) electrons. The Balaban J connectivity index is 3.49. The van der Waals surface area contributed by atoms with Crippen molar-refractivity contribution in [3.05, 3.63) is 0 Å². The molecule has 4 nitrogen and oxygen atoms in total. The van der Waals surface area contributed by atoms with Gasteiger partial charge in [0.25, 0.3) is 0 Å². The Morgan fingerprint density at radius 2 is 0.512 bits per heavy atom. The normalized spacial score (nSPS) is 14.7. The molecule has 0 spiro atoms. The van der Waals surface area contributed by atoms with Gasteiger partial charge in [-0.05, 0) is 12.8 Å². The zero-order chi connectivity index (χ0) is 31.6. The van der Waals surface area contributed by atoms with Crippen LogP contribution in [0, 0.1) is 0 Å². The van der Waals surface area contributed by atoms with Gasteiger partial charge in [-0.2, -0.15) is 11.8 Å². The first-order chi connectivity index (χ1) is 21.0. The number of unbranched alkanes of at least 4 members (excludes halogenated alkanes) is 26. The number of thioether (sulfide) groups is 1. The SMILES string of the molecule is CCCCCCCCCCCCCCCCC(O)C(O)CSCC(O)C(O)CCCCCCCCCCCCCCCC. The lowest BCUT2D eigenvalue weighted by molar-refractivity contribution is 0.0243. The Hall–Kier alpha value is 0.190. The summed E-state index contributed by atoms with van der Waals surface area (Å²) >= 11 is 1.43. The molecule has 0 aromatic carbocycles. The Bertz CT molecular complexity index is 476. The van der Waals surface area contributed by atoms with Crippen molar-refractivity contribution in [2.75, 3.05) is 11.5 Å². The minimum atomic E-state index is -0.762. The van der Waals surface area contributed by atoms with Gasteiger partial charge >= 0.3 is 0 Å². The average Bonchev–Trinajstić information content (AvgIpc) is 3.00. The molecule has 43 heavy (non-hydrogen) atoms. The van der Waals surface area contributed by atoms with Crippen LogP contribution in [-0.4, -0.2) is 56.3 Å². The van der Waals surface area contributed by atoms with E-state index in [0.29, 0.717) is 24.3 Å². The van der Waals surface area contributed by atoms with E-state index >= 15 is 0 Å². The number of aliphatic hydroxyl groups is 4. The van der Waals surface area contributed by atoms with E-state index in [1.54, 1.807) is 0 Å². The fraction of sp³-hybridized carbons (Fsp3) is 1.00. The fourth-order valence-electron chi connectivity index (χ4n) is 6.01. The van der Waals surface area contributed by atoms with Crippen LogP contribution >= 0.6 is 11.8 Å². The van der Waals surface area contributed by atoms with Gasteiger partial charge in [-0.3, -0.25) is 0 Å². The Kier molecular flexibility index (Phi) is 35.2. The van der Waals surface area contributed by atoms with Crippen molar-refractivity contribution in [2.24, 2.45) is 0 Å². The van der Waals surface area contributed by atoms with Crippen molar-refractivity contribution in [1.82, 2.24) is 0 Å². The lowest BCUT2D eigenvalue weighted by Gasteiger charge is -2.20. The van der Waals surface area contributed by atoms with Gasteiger partial charge in [0.05, 0.1) is 24.4 Å². The maximum absolute atomic E-state index is 10.3. The monoisotopic (exact) mass is 631 g/mol. The van der Waals surface area contributed by atoms with Gasteiger partial charge in [0.1, 0.15) is 0 Å². The molecular weight excluding hydrogens is 552 g/mol. The highest BCUT2D eigenvalue weighted by molar-refractivity contribution is 7.99. The van der Waals surface area contributed by atoms with E-state index in [1.807, 2.05) is 0 Å². The van der Waals surface area contributed by atoms with E-state index < -0.39 is 24.4 Å². The molecular formula is C38H78O4S. The van der Waals surface area contributed by atoms with Crippen molar-refractivity contribution in [1.29, 1.82) is 0 Å². The fourth-order valence-corrected chi connectivity index (χ4v) is 7.08. The number of aliphatic hydroxyl groups excluding tert-OH is 4. The summed E-state index contributed by atoms with van der Waals surface area (Å²) in [7, 11) is 0. The summed E-state index contributed by atoms with van der Waals surface area (Å²) in [4.78, 5) is 0. The number of hydrogen-bond acceptors (Lipinski definition) is 5. The lowest BCUT2D eigenvalue weighted by atomic mass is 10.0. The van der Waals surface area contributed by atoms with E-state index in [4.69, 9.17) is 0 Å². The van der Waals surface area contributed by atoms with Crippen LogP contribution in [-0.2, 0) is 0 Å². The van der Waals surface area contributed by atoms with E-state index in [-0.39, 0.29) is 0 Å². The average molecular weight is 631 g/mol. The largest absolute Gasteiger partial charge is 0.390 e. The van der Waals surface area contributed by atoms with Gasteiger partial charge < -0.3 is 20.4 Å². The van der Waals surface area contributed by atoms with Crippen LogP contribution < -0.4 is 0 Å². The Morgan fingerprint density at radius 3 is 0.744 bits per heavy atom. The minimum Gasteiger partial charge on any atom is -0.390 e. The van der Waals surface area contributed by atoms with Gasteiger partial charge in [-0.1, -0.05) is 194 Å². The molecule has 0 aliphatic heterocycles. The van der Waals surface area contributed by atoms with Gasteiger partial charge in [-0.15, -0.1) is 0 Å². The molecule has 0 aliphatic carbocycles. The maximum atomic E-state index is 10.3. The highest BCUT2D eigenvalue weighted by Crippen LogP contribution is 2.18. The summed E-state index contributed by atoms with van der Waals surface area (Å²) in [5.74, 6) is 0.810. The molecule has 260 valence electrons. The molecule has 0 heterocycles. The molecule has 4 N–H and O–H groups in total. The van der Waals surface area contributed by atoms with Crippen molar-refractivity contribution in [3.63, 3.8) is 0 Å². The number of rotatable bonds is 36. The molecule has 0 rings (SSSR count). The minimum absolute atomic E-state index is 0.405. The van der Waals surface area contributed by atoms with Crippen LogP contribution in [0.2, 0.25) is 0 Å². The van der Waals surface area contributed by atoms with Gasteiger partial charge in [0, 0.05) is 11.5 Å². The summed E-state index contributed by atoms with van der Waals surface area (Å²) < 4.78 is 0. The first-order valence-corrected chi connectivity index (χ1v) is 20.5. The highest BCUT2D eigenvalue weighted by Gasteiger charge is 2.19. The van der Waals surface area contributed by atoms with Crippen LogP contribution in [0.5, 0.6) is 0 Å². The van der Waals surface area contributed by atoms with Crippen molar-refractivity contribution < 1.29 is 20.4 Å². The van der Waals surface area contributed by atoms with Crippen LogP contribution in [0.4, 0.5) is 0 Å². The molecule has 0 aromatic rings. The van der Waals surface area contributed by atoms with Crippen molar-refractivity contribution >= 4 is 11.8 Å². The molecule has 0 bridgehead atoms. The first kappa shape index (κ1) is 43.2. The summed E-state index contributed by atoms with van der Waals surface area (Å²) in [5, 5.41) is 41.2. The summed E-state index contributed by atoms with van der Waals surface area (Å²) in [6.07, 6.45) is 35.2. The summed E-state index contributed by atoms with van der Waals surface area (Å²) in [6, 6.07) is 0. The van der Waals surface area contributed by atoms with Gasteiger partial charge in [0.15, 0.2) is 0 Å². The van der Waals surface area contributed by atoms with Crippen LogP contribution in [0.25, 0.3) is 0 Å². The van der Waals surface area contributed by atoms with Gasteiger partial charge in [-0.25, -0.2) is 0 Å². The lowest BCUT2D eigenvalue weighted by Crippen LogP contribution is -2.31. The maximum Gasteiger partial charge on any atom is 0.0889 e. The quantitative estimate of drug-likeness (QED) is 0.0518. The zero-order valence-corrected chi connectivity index (χ0v) is 30.0. The molecule has 5 heteroatoms. The van der Waals surface area contributed by atoms with E-state index in [1.165, 1.54) is 166 Å². The van der Waals surface area contributed by atoms with Crippen LogP contribution in [0.15, 0.2) is 0 Å². The molecule has 0 aromatic heterocycles. The summed E-state index contributed by atoms with van der Waals surface area (Å²) in [6.45, 7) is 4.54. The van der Waals surface area contributed by atoms with Gasteiger partial charge in [0.2, 0.25) is 0 Å². The zero-order valence-electron chi connectivity index (χ0n) is 29.1. The van der Waals surface area contributed by atoms with Crippen molar-refractivity contribution in [2.45, 2.75) is 231 Å². The molecule has 0 fully saturated rings. The second kappa shape index (κ2) is 35.1. The predicted octanol–water partition coefficient (Wildman–Crippen LogP) is 10.9. The summed E-state index contributed by atoms with van der Waals surface area (Å²) in [5.41, 5.74) is 0. The molecule has 0 saturated heterocycles. The molecule has 4 atom stereocenters. The van der Waals surface area contributed by atoms with Crippen molar-refractivity contribution in [3.8, 4) is 0 Å². The van der Waals surface area contributed by atoms with E-state index in [0.717, 1.165) is 25.7 Å². The van der Waals surface area contributed by atoms with Crippen LogP contribution in [0.1, 0.15) is 206 Å². The second-order valence-electron chi connectivity index (χ2n) is 13.6. The smallest absolute Gasteiger partial charge is 0.0889 e. The highest BCUT2D eigenvalue weighted by atomic mass is 32.2. The topological polar surface area (TPSA) is 80.9 Å². The van der Waals surface area contributed by atoms with E-state index in [9.17, 15) is 20.4 Å². The molecule has 0 saturated carbocycles. The molecule has 0 amide bonds. The third-order valence-corrected chi connectivity index (χ3v) is 10.3. The predicted molar refractivity (Wildman–Crippen MR) is 191 cm³/mol. The third-order valence-electron chi connectivity index (χ3n) is 9.17.